The molecule has 19 heavy (non-hydrogen) atoms. The van der Waals surface area contributed by atoms with E-state index in [2.05, 4.69) is 15.3 Å². The molecule has 100 valence electrons. The molecule has 6 heteroatoms. The SMILES string of the molecule is CC(Oc1ccccc1F)C(=O)NCc1ncc[nH]1. The van der Waals surface area contributed by atoms with Crippen LogP contribution in [0.2, 0.25) is 0 Å². The van der Waals surface area contributed by atoms with E-state index in [0.29, 0.717) is 5.82 Å². The Morgan fingerprint density at radius 3 is 3.00 bits per heavy atom. The van der Waals surface area contributed by atoms with Crippen molar-refractivity contribution in [3.63, 3.8) is 0 Å². The van der Waals surface area contributed by atoms with Gasteiger partial charge in [0.15, 0.2) is 17.7 Å². The van der Waals surface area contributed by atoms with Gasteiger partial charge in [0, 0.05) is 12.4 Å². The second-order valence-electron chi connectivity index (χ2n) is 3.94. The van der Waals surface area contributed by atoms with Crippen LogP contribution in [-0.4, -0.2) is 22.0 Å². The van der Waals surface area contributed by atoms with Gasteiger partial charge in [0.25, 0.3) is 5.91 Å². The topological polar surface area (TPSA) is 67.0 Å². The molecule has 2 rings (SSSR count). The Hall–Kier alpha value is -2.37. The first-order valence-electron chi connectivity index (χ1n) is 5.84. The van der Waals surface area contributed by atoms with Gasteiger partial charge in [-0.1, -0.05) is 12.1 Å². The first-order valence-corrected chi connectivity index (χ1v) is 5.84. The van der Waals surface area contributed by atoms with Crippen molar-refractivity contribution in [3.05, 3.63) is 48.3 Å². The summed E-state index contributed by atoms with van der Waals surface area (Å²) in [5.74, 6) is -0.123. The molecule has 2 N–H and O–H groups in total. The predicted octanol–water partition coefficient (Wildman–Crippen LogP) is 1.63. The van der Waals surface area contributed by atoms with Gasteiger partial charge < -0.3 is 15.0 Å². The standard InChI is InChI=1S/C13H14FN3O2/c1-9(19-11-5-3-2-4-10(11)14)13(18)17-8-12-15-6-7-16-12/h2-7,9H,8H2,1H3,(H,15,16)(H,17,18). The average molecular weight is 263 g/mol. The van der Waals surface area contributed by atoms with Crippen molar-refractivity contribution in [3.8, 4) is 5.75 Å². The summed E-state index contributed by atoms with van der Waals surface area (Å²) in [5, 5.41) is 2.64. The molecule has 1 unspecified atom stereocenters. The maximum atomic E-state index is 13.4. The van der Waals surface area contributed by atoms with Crippen LogP contribution in [0.1, 0.15) is 12.7 Å². The van der Waals surface area contributed by atoms with Crippen LogP contribution in [0.5, 0.6) is 5.75 Å². The Bertz CT molecular complexity index is 543. The molecule has 0 bridgehead atoms. The van der Waals surface area contributed by atoms with E-state index in [1.165, 1.54) is 12.1 Å². The Kier molecular flexibility index (Phi) is 4.12. The number of rotatable bonds is 5. The van der Waals surface area contributed by atoms with Gasteiger partial charge in [0.2, 0.25) is 0 Å². The lowest BCUT2D eigenvalue weighted by atomic mass is 10.3. The number of nitrogens with one attached hydrogen (secondary N) is 2. The van der Waals surface area contributed by atoms with E-state index >= 15 is 0 Å². The minimum Gasteiger partial charge on any atom is -0.478 e. The minimum atomic E-state index is -0.785. The predicted molar refractivity (Wildman–Crippen MR) is 66.9 cm³/mol. The van der Waals surface area contributed by atoms with E-state index in [1.807, 2.05) is 0 Å². The number of nitrogens with zero attached hydrogens (tertiary/aromatic N) is 1. The highest BCUT2D eigenvalue weighted by molar-refractivity contribution is 5.80. The van der Waals surface area contributed by atoms with E-state index in [9.17, 15) is 9.18 Å². The lowest BCUT2D eigenvalue weighted by molar-refractivity contribution is -0.127. The molecule has 5 nitrogen and oxygen atoms in total. The number of benzene rings is 1. The zero-order chi connectivity index (χ0) is 13.7. The van der Waals surface area contributed by atoms with Crippen molar-refractivity contribution in [2.45, 2.75) is 19.6 Å². The molecule has 0 aliphatic carbocycles. The van der Waals surface area contributed by atoms with Crippen LogP contribution in [0.4, 0.5) is 4.39 Å². The first-order chi connectivity index (χ1) is 9.16. The van der Waals surface area contributed by atoms with Gasteiger partial charge in [-0.15, -0.1) is 0 Å². The number of carbonyl (C=O) groups is 1. The highest BCUT2D eigenvalue weighted by Crippen LogP contribution is 2.16. The van der Waals surface area contributed by atoms with Crippen molar-refractivity contribution >= 4 is 5.91 Å². The normalized spacial score (nSPS) is 11.9. The van der Waals surface area contributed by atoms with Crippen LogP contribution in [0, 0.1) is 5.82 Å². The Morgan fingerprint density at radius 1 is 1.53 bits per heavy atom. The fourth-order valence-corrected chi connectivity index (χ4v) is 1.49. The van der Waals surface area contributed by atoms with Gasteiger partial charge in [-0.3, -0.25) is 4.79 Å². The number of halogens is 1. The Labute approximate surface area is 109 Å². The zero-order valence-electron chi connectivity index (χ0n) is 10.4. The lowest BCUT2D eigenvalue weighted by Gasteiger charge is -2.14. The van der Waals surface area contributed by atoms with E-state index in [0.717, 1.165) is 0 Å². The second-order valence-corrected chi connectivity index (χ2v) is 3.94. The van der Waals surface area contributed by atoms with Crippen LogP contribution in [0.3, 0.4) is 0 Å². The molecule has 0 fully saturated rings. The van der Waals surface area contributed by atoms with Crippen LogP contribution >= 0.6 is 0 Å². The highest BCUT2D eigenvalue weighted by Gasteiger charge is 2.16. The quantitative estimate of drug-likeness (QED) is 0.861. The third kappa shape index (κ3) is 3.54. The molecule has 1 atom stereocenters. The maximum Gasteiger partial charge on any atom is 0.261 e. The summed E-state index contributed by atoms with van der Waals surface area (Å²) in [5.41, 5.74) is 0. The molecule has 0 aliphatic rings. The number of para-hydroxylation sites is 1. The van der Waals surface area contributed by atoms with Crippen LogP contribution in [0.15, 0.2) is 36.7 Å². The van der Waals surface area contributed by atoms with Crippen molar-refractivity contribution in [1.82, 2.24) is 15.3 Å². The lowest BCUT2D eigenvalue weighted by Crippen LogP contribution is -2.36. The number of carbonyl (C=O) groups excluding carboxylic acids is 1. The Balaban J connectivity index is 1.87. The fraction of sp³-hybridized carbons (Fsp3) is 0.231. The zero-order valence-corrected chi connectivity index (χ0v) is 10.4. The van der Waals surface area contributed by atoms with E-state index in [1.54, 1.807) is 31.5 Å². The molecule has 2 aromatic rings. The number of aromatic amines is 1. The van der Waals surface area contributed by atoms with Gasteiger partial charge in [-0.25, -0.2) is 9.37 Å². The van der Waals surface area contributed by atoms with E-state index in [4.69, 9.17) is 4.74 Å². The van der Waals surface area contributed by atoms with Gasteiger partial charge in [0.1, 0.15) is 5.82 Å². The molecule has 1 aromatic heterocycles. The summed E-state index contributed by atoms with van der Waals surface area (Å²) >= 11 is 0. The molecule has 0 saturated heterocycles. The third-order valence-electron chi connectivity index (χ3n) is 2.49. The van der Waals surface area contributed by atoms with Gasteiger partial charge in [-0.05, 0) is 19.1 Å². The molecular formula is C13H14FN3O2. The number of hydrogen-bond donors (Lipinski definition) is 2. The molecule has 1 aromatic carbocycles. The molecular weight excluding hydrogens is 249 g/mol. The molecule has 0 spiro atoms. The summed E-state index contributed by atoms with van der Waals surface area (Å²) < 4.78 is 18.6. The molecule has 1 amide bonds. The summed E-state index contributed by atoms with van der Waals surface area (Å²) in [6.45, 7) is 1.83. The van der Waals surface area contributed by atoms with Crippen molar-refractivity contribution in [2.75, 3.05) is 0 Å². The van der Waals surface area contributed by atoms with Crippen molar-refractivity contribution < 1.29 is 13.9 Å². The van der Waals surface area contributed by atoms with Crippen LogP contribution in [0.25, 0.3) is 0 Å². The van der Waals surface area contributed by atoms with Crippen molar-refractivity contribution in [1.29, 1.82) is 0 Å². The largest absolute Gasteiger partial charge is 0.478 e. The maximum absolute atomic E-state index is 13.4. The van der Waals surface area contributed by atoms with Crippen LogP contribution in [-0.2, 0) is 11.3 Å². The highest BCUT2D eigenvalue weighted by atomic mass is 19.1. The third-order valence-corrected chi connectivity index (χ3v) is 2.49. The number of ether oxygens (including phenoxy) is 1. The average Bonchev–Trinajstić information content (AvgIpc) is 2.91. The van der Waals surface area contributed by atoms with Gasteiger partial charge in [0.05, 0.1) is 6.54 Å². The molecule has 0 saturated carbocycles. The number of aromatic nitrogens is 2. The smallest absolute Gasteiger partial charge is 0.261 e. The summed E-state index contributed by atoms with van der Waals surface area (Å²) in [4.78, 5) is 18.6. The van der Waals surface area contributed by atoms with Crippen LogP contribution < -0.4 is 10.1 Å². The van der Waals surface area contributed by atoms with E-state index in [-0.39, 0.29) is 18.2 Å². The number of imidazole rings is 1. The fourth-order valence-electron chi connectivity index (χ4n) is 1.49. The molecule has 1 heterocycles. The summed E-state index contributed by atoms with van der Waals surface area (Å²) in [6.07, 6.45) is 2.48. The minimum absolute atomic E-state index is 0.0585. The van der Waals surface area contributed by atoms with Gasteiger partial charge in [-0.2, -0.15) is 0 Å². The number of H-pyrrole nitrogens is 1. The monoisotopic (exact) mass is 263 g/mol. The molecule has 0 radical (unpaired) electrons. The second kappa shape index (κ2) is 5.99. The Morgan fingerprint density at radius 2 is 2.32 bits per heavy atom. The number of hydrogen-bond acceptors (Lipinski definition) is 3. The summed E-state index contributed by atoms with van der Waals surface area (Å²) in [7, 11) is 0. The number of amides is 1. The van der Waals surface area contributed by atoms with Crippen molar-refractivity contribution in [2.24, 2.45) is 0 Å². The van der Waals surface area contributed by atoms with E-state index < -0.39 is 11.9 Å². The summed E-state index contributed by atoms with van der Waals surface area (Å²) in [6, 6.07) is 5.96. The van der Waals surface area contributed by atoms with Gasteiger partial charge >= 0.3 is 0 Å². The molecule has 0 aliphatic heterocycles. The first kappa shape index (κ1) is 13.1.